The standard InChI is InChI=1S/C47H29N5/c1-3-14-30(15-4-1)45-48-46(31-16-5-2-6-17-31)50-47(49-45)33-19-13-20-34(28-33)51-40-25-12-10-22-36(40)38-26-27-41-43(44(38)51)37-23-9-8-21-35(37)42-29-32-18-7-11-24-39(32)52(41)42/h1-29H. The second kappa shape index (κ2) is 11.2. The SMILES string of the molecule is c1ccc(-c2nc(-c3ccccc3)nc(-c3cccc(-n4c5ccccc5c5ccc6c(c7ccccc7c7cc8ccccc8n76)c54)c3)n2)cc1. The fraction of sp³-hybridized carbons (Fsp3) is 0. The third kappa shape index (κ3) is 4.26. The Hall–Kier alpha value is -7.11. The summed E-state index contributed by atoms with van der Waals surface area (Å²) < 4.78 is 4.86. The molecule has 242 valence electrons. The zero-order valence-electron chi connectivity index (χ0n) is 28.0. The number of aromatic nitrogens is 5. The number of hydrogen-bond acceptors (Lipinski definition) is 3. The summed E-state index contributed by atoms with van der Waals surface area (Å²) in [6, 6.07) is 62.0. The predicted molar refractivity (Wildman–Crippen MR) is 214 cm³/mol. The van der Waals surface area contributed by atoms with Gasteiger partial charge in [0.05, 0.1) is 27.6 Å². The first kappa shape index (κ1) is 28.7. The molecule has 11 aromatic rings. The van der Waals surface area contributed by atoms with Crippen LogP contribution in [0.15, 0.2) is 176 Å². The van der Waals surface area contributed by atoms with E-state index in [1.54, 1.807) is 0 Å². The summed E-state index contributed by atoms with van der Waals surface area (Å²) in [7, 11) is 0. The summed E-state index contributed by atoms with van der Waals surface area (Å²) in [6.07, 6.45) is 0. The van der Waals surface area contributed by atoms with Crippen molar-refractivity contribution in [3.05, 3.63) is 176 Å². The number of hydrogen-bond donors (Lipinski definition) is 0. The van der Waals surface area contributed by atoms with Crippen molar-refractivity contribution >= 4 is 59.9 Å². The third-order valence-electron chi connectivity index (χ3n) is 10.3. The molecule has 0 atom stereocenters. The van der Waals surface area contributed by atoms with Gasteiger partial charge in [0.15, 0.2) is 17.5 Å². The number of rotatable bonds is 4. The van der Waals surface area contributed by atoms with Gasteiger partial charge in [-0.3, -0.25) is 0 Å². The Bertz CT molecular complexity index is 3120. The molecule has 0 saturated heterocycles. The van der Waals surface area contributed by atoms with Gasteiger partial charge >= 0.3 is 0 Å². The minimum atomic E-state index is 0.631. The van der Waals surface area contributed by atoms with Gasteiger partial charge in [-0.05, 0) is 41.8 Å². The zero-order chi connectivity index (χ0) is 34.2. The first-order valence-electron chi connectivity index (χ1n) is 17.5. The summed E-state index contributed by atoms with van der Waals surface area (Å²) in [5, 5.41) is 7.35. The van der Waals surface area contributed by atoms with Crippen molar-refractivity contribution in [1.29, 1.82) is 0 Å². The van der Waals surface area contributed by atoms with Crippen LogP contribution < -0.4 is 0 Å². The minimum absolute atomic E-state index is 0.631. The van der Waals surface area contributed by atoms with Crippen LogP contribution in [0.25, 0.3) is 99.8 Å². The lowest BCUT2D eigenvalue weighted by Crippen LogP contribution is -2.01. The summed E-state index contributed by atoms with van der Waals surface area (Å²) in [6.45, 7) is 0. The first-order chi connectivity index (χ1) is 25.8. The molecule has 0 aliphatic heterocycles. The molecule has 0 spiro atoms. The van der Waals surface area contributed by atoms with Gasteiger partial charge in [-0.25, -0.2) is 15.0 Å². The van der Waals surface area contributed by atoms with E-state index in [4.69, 9.17) is 15.0 Å². The fourth-order valence-electron chi connectivity index (χ4n) is 8.03. The smallest absolute Gasteiger partial charge is 0.164 e. The summed E-state index contributed by atoms with van der Waals surface area (Å²) in [5.41, 5.74) is 9.78. The van der Waals surface area contributed by atoms with Crippen LogP contribution in [0.3, 0.4) is 0 Å². The molecule has 0 N–H and O–H groups in total. The summed E-state index contributed by atoms with van der Waals surface area (Å²) in [5.74, 6) is 1.92. The van der Waals surface area contributed by atoms with Crippen LogP contribution in [0.2, 0.25) is 0 Å². The topological polar surface area (TPSA) is 48.0 Å². The lowest BCUT2D eigenvalue weighted by molar-refractivity contribution is 1.07. The van der Waals surface area contributed by atoms with E-state index in [0.29, 0.717) is 17.5 Å². The average Bonchev–Trinajstić information content (AvgIpc) is 3.78. The van der Waals surface area contributed by atoms with Crippen LogP contribution in [-0.4, -0.2) is 23.9 Å². The predicted octanol–water partition coefficient (Wildman–Crippen LogP) is 11.7. The highest BCUT2D eigenvalue weighted by atomic mass is 15.0. The van der Waals surface area contributed by atoms with Crippen molar-refractivity contribution < 1.29 is 0 Å². The Labute approximate surface area is 298 Å². The number of benzene rings is 7. The van der Waals surface area contributed by atoms with Crippen LogP contribution in [-0.2, 0) is 0 Å². The summed E-state index contributed by atoms with van der Waals surface area (Å²) >= 11 is 0. The van der Waals surface area contributed by atoms with Crippen LogP contribution >= 0.6 is 0 Å². The first-order valence-corrected chi connectivity index (χ1v) is 17.5. The van der Waals surface area contributed by atoms with Crippen LogP contribution in [0.1, 0.15) is 0 Å². The second-order valence-corrected chi connectivity index (χ2v) is 13.3. The lowest BCUT2D eigenvalue weighted by Gasteiger charge is -2.15. The minimum Gasteiger partial charge on any atom is -0.309 e. The number of nitrogens with zero attached hydrogens (tertiary/aromatic N) is 5. The molecule has 0 unspecified atom stereocenters. The Balaban J connectivity index is 1.23. The average molecular weight is 664 g/mol. The summed E-state index contributed by atoms with van der Waals surface area (Å²) in [4.78, 5) is 15.0. The number of para-hydroxylation sites is 2. The number of pyridine rings is 1. The van der Waals surface area contributed by atoms with Gasteiger partial charge in [0.25, 0.3) is 0 Å². The molecule has 52 heavy (non-hydrogen) atoms. The number of fused-ring (bicyclic) bond motifs is 12. The molecule has 0 radical (unpaired) electrons. The third-order valence-corrected chi connectivity index (χ3v) is 10.3. The molecule has 0 saturated carbocycles. The molecule has 5 nitrogen and oxygen atoms in total. The molecule has 0 amide bonds. The van der Waals surface area contributed by atoms with Crippen molar-refractivity contribution in [3.8, 4) is 39.9 Å². The monoisotopic (exact) mass is 663 g/mol. The second-order valence-electron chi connectivity index (χ2n) is 13.3. The van der Waals surface area contributed by atoms with Crippen molar-refractivity contribution in [2.45, 2.75) is 0 Å². The van der Waals surface area contributed by atoms with Crippen molar-refractivity contribution in [3.63, 3.8) is 0 Å². The molecule has 7 aromatic carbocycles. The van der Waals surface area contributed by atoms with E-state index in [9.17, 15) is 0 Å². The van der Waals surface area contributed by atoms with Gasteiger partial charge in [0.2, 0.25) is 0 Å². The molecule has 0 aliphatic rings. The van der Waals surface area contributed by atoms with E-state index in [2.05, 4.69) is 124 Å². The van der Waals surface area contributed by atoms with Gasteiger partial charge in [-0.15, -0.1) is 0 Å². The maximum absolute atomic E-state index is 5.06. The Morgan fingerprint density at radius 1 is 0.346 bits per heavy atom. The zero-order valence-corrected chi connectivity index (χ0v) is 28.0. The highest BCUT2D eigenvalue weighted by Crippen LogP contribution is 2.42. The van der Waals surface area contributed by atoms with Gasteiger partial charge in [-0.1, -0.05) is 140 Å². The Kier molecular flexibility index (Phi) is 6.18. The molecule has 11 rings (SSSR count). The van der Waals surface area contributed by atoms with E-state index in [0.717, 1.165) is 27.9 Å². The van der Waals surface area contributed by atoms with E-state index in [-0.39, 0.29) is 0 Å². The quantitative estimate of drug-likeness (QED) is 0.176. The normalized spacial score (nSPS) is 11.8. The van der Waals surface area contributed by atoms with E-state index in [1.807, 2.05) is 60.7 Å². The van der Waals surface area contributed by atoms with Gasteiger partial charge in [0, 0.05) is 49.3 Å². The molecule has 0 fully saturated rings. The van der Waals surface area contributed by atoms with Crippen LogP contribution in [0.4, 0.5) is 0 Å². The molecule has 4 heterocycles. The fourth-order valence-corrected chi connectivity index (χ4v) is 8.03. The molecular formula is C47H29N5. The Morgan fingerprint density at radius 2 is 0.904 bits per heavy atom. The largest absolute Gasteiger partial charge is 0.309 e. The van der Waals surface area contributed by atoms with Crippen LogP contribution in [0, 0.1) is 0 Å². The molecular weight excluding hydrogens is 635 g/mol. The van der Waals surface area contributed by atoms with Crippen LogP contribution in [0.5, 0.6) is 0 Å². The maximum Gasteiger partial charge on any atom is 0.164 e. The maximum atomic E-state index is 5.06. The van der Waals surface area contributed by atoms with Crippen molar-refractivity contribution in [1.82, 2.24) is 23.9 Å². The van der Waals surface area contributed by atoms with E-state index < -0.39 is 0 Å². The molecule has 5 heteroatoms. The van der Waals surface area contributed by atoms with Gasteiger partial charge in [0.1, 0.15) is 0 Å². The van der Waals surface area contributed by atoms with E-state index >= 15 is 0 Å². The highest BCUT2D eigenvalue weighted by molar-refractivity contribution is 6.27. The highest BCUT2D eigenvalue weighted by Gasteiger charge is 2.21. The van der Waals surface area contributed by atoms with E-state index in [1.165, 1.54) is 54.4 Å². The Morgan fingerprint density at radius 3 is 1.62 bits per heavy atom. The van der Waals surface area contributed by atoms with Crippen molar-refractivity contribution in [2.75, 3.05) is 0 Å². The van der Waals surface area contributed by atoms with Gasteiger partial charge in [-0.2, -0.15) is 0 Å². The molecule has 0 aliphatic carbocycles. The molecule has 4 aromatic heterocycles. The van der Waals surface area contributed by atoms with Crippen molar-refractivity contribution in [2.24, 2.45) is 0 Å². The van der Waals surface area contributed by atoms with Gasteiger partial charge < -0.3 is 8.97 Å². The molecule has 0 bridgehead atoms. The lowest BCUT2D eigenvalue weighted by atomic mass is 10.0.